The molecule has 0 saturated heterocycles. The van der Waals surface area contributed by atoms with Crippen LogP contribution in [0.4, 0.5) is 0 Å². The van der Waals surface area contributed by atoms with Gasteiger partial charge in [-0.1, -0.05) is 63.6 Å². The SMILES string of the molecule is CCCCCCC[N+](C)(CCCCO)CCCCCC.Cc1ccc(S(=O)(=O)[O-])cc1. The van der Waals surface area contributed by atoms with Crippen molar-refractivity contribution in [2.75, 3.05) is 33.3 Å². The van der Waals surface area contributed by atoms with Crippen LogP contribution in [-0.4, -0.2) is 55.8 Å². The molecule has 0 aliphatic heterocycles. The lowest BCUT2D eigenvalue weighted by Gasteiger charge is -2.35. The number of aliphatic hydroxyl groups is 1. The van der Waals surface area contributed by atoms with Crippen molar-refractivity contribution in [1.82, 2.24) is 0 Å². The van der Waals surface area contributed by atoms with Crippen molar-refractivity contribution in [3.8, 4) is 0 Å². The molecule has 1 aromatic rings. The third-order valence-corrected chi connectivity index (χ3v) is 6.62. The maximum Gasteiger partial charge on any atom is 0.124 e. The Labute approximate surface area is 192 Å². The van der Waals surface area contributed by atoms with E-state index in [1.165, 1.54) is 100 Å². The highest BCUT2D eigenvalue weighted by Crippen LogP contribution is 2.14. The second-order valence-electron chi connectivity index (χ2n) is 8.96. The van der Waals surface area contributed by atoms with E-state index in [2.05, 4.69) is 20.9 Å². The molecule has 6 heteroatoms. The summed E-state index contributed by atoms with van der Waals surface area (Å²) in [5, 5.41) is 8.98. The van der Waals surface area contributed by atoms with Gasteiger partial charge in [0.05, 0.1) is 31.6 Å². The number of nitrogens with zero attached hydrogens (tertiary/aromatic N) is 1. The largest absolute Gasteiger partial charge is 0.744 e. The second kappa shape index (κ2) is 17.6. The van der Waals surface area contributed by atoms with Crippen molar-refractivity contribution in [1.29, 1.82) is 0 Å². The summed E-state index contributed by atoms with van der Waals surface area (Å²) in [5.74, 6) is 0. The van der Waals surface area contributed by atoms with E-state index in [9.17, 15) is 13.0 Å². The Morgan fingerprint density at radius 3 is 1.61 bits per heavy atom. The third kappa shape index (κ3) is 16.4. The molecule has 0 fully saturated rings. The maximum atomic E-state index is 10.4. The average molecular weight is 458 g/mol. The van der Waals surface area contributed by atoms with Gasteiger partial charge in [-0.05, 0) is 57.6 Å². The van der Waals surface area contributed by atoms with Crippen LogP contribution >= 0.6 is 0 Å². The molecular formula is C25H47NO4S. The first-order valence-electron chi connectivity index (χ1n) is 12.2. The van der Waals surface area contributed by atoms with Crippen LogP contribution in [-0.2, 0) is 10.1 Å². The summed E-state index contributed by atoms with van der Waals surface area (Å²) < 4.78 is 32.4. The summed E-state index contributed by atoms with van der Waals surface area (Å²) in [4.78, 5) is -0.178. The Morgan fingerprint density at radius 1 is 0.774 bits per heavy atom. The second-order valence-corrected chi connectivity index (χ2v) is 10.3. The van der Waals surface area contributed by atoms with Crippen molar-refractivity contribution in [3.63, 3.8) is 0 Å². The number of aliphatic hydroxyl groups excluding tert-OH is 1. The molecule has 1 aromatic carbocycles. The summed E-state index contributed by atoms with van der Waals surface area (Å²) >= 11 is 0. The van der Waals surface area contributed by atoms with Crippen LogP contribution in [0.5, 0.6) is 0 Å². The van der Waals surface area contributed by atoms with Gasteiger partial charge in [-0.25, -0.2) is 8.42 Å². The topological polar surface area (TPSA) is 77.4 Å². The van der Waals surface area contributed by atoms with Gasteiger partial charge in [0.1, 0.15) is 10.1 Å². The highest BCUT2D eigenvalue weighted by Gasteiger charge is 2.19. The smallest absolute Gasteiger partial charge is 0.124 e. The molecule has 1 rings (SSSR count). The number of hydrogen-bond donors (Lipinski definition) is 1. The van der Waals surface area contributed by atoms with E-state index >= 15 is 0 Å². The maximum absolute atomic E-state index is 10.4. The summed E-state index contributed by atoms with van der Waals surface area (Å²) in [6.07, 6.45) is 14.5. The van der Waals surface area contributed by atoms with E-state index in [0.717, 1.165) is 12.0 Å². The molecule has 182 valence electrons. The number of unbranched alkanes of at least 4 members (excludes halogenated alkanes) is 8. The van der Waals surface area contributed by atoms with Gasteiger partial charge in [0.25, 0.3) is 0 Å². The van der Waals surface area contributed by atoms with Gasteiger partial charge in [0.15, 0.2) is 0 Å². The minimum Gasteiger partial charge on any atom is -0.744 e. The van der Waals surface area contributed by atoms with Gasteiger partial charge >= 0.3 is 0 Å². The van der Waals surface area contributed by atoms with E-state index in [4.69, 9.17) is 5.11 Å². The first-order chi connectivity index (χ1) is 14.7. The molecule has 0 heterocycles. The monoisotopic (exact) mass is 457 g/mol. The van der Waals surface area contributed by atoms with Crippen LogP contribution in [0, 0.1) is 6.92 Å². The summed E-state index contributed by atoms with van der Waals surface area (Å²) in [6.45, 7) is 10.7. The van der Waals surface area contributed by atoms with E-state index in [1.54, 1.807) is 12.1 Å². The third-order valence-electron chi connectivity index (χ3n) is 5.77. The molecule has 0 radical (unpaired) electrons. The lowest BCUT2D eigenvalue weighted by Crippen LogP contribution is -2.46. The van der Waals surface area contributed by atoms with Gasteiger partial charge in [-0.15, -0.1) is 0 Å². The molecule has 0 bridgehead atoms. The van der Waals surface area contributed by atoms with Crippen molar-refractivity contribution in [2.45, 2.75) is 96.3 Å². The first kappa shape index (κ1) is 30.0. The highest BCUT2D eigenvalue weighted by molar-refractivity contribution is 7.85. The Balaban J connectivity index is 0.000000683. The average Bonchev–Trinajstić information content (AvgIpc) is 2.72. The summed E-state index contributed by atoms with van der Waals surface area (Å²) in [7, 11) is -1.84. The number of rotatable bonds is 16. The van der Waals surface area contributed by atoms with Gasteiger partial charge in [-0.3, -0.25) is 0 Å². The molecular weight excluding hydrogens is 410 g/mol. The van der Waals surface area contributed by atoms with Crippen LogP contribution in [0.1, 0.15) is 90.0 Å². The van der Waals surface area contributed by atoms with Crippen molar-refractivity contribution in [3.05, 3.63) is 29.8 Å². The van der Waals surface area contributed by atoms with Crippen molar-refractivity contribution >= 4 is 10.1 Å². The molecule has 0 aliphatic carbocycles. The van der Waals surface area contributed by atoms with E-state index < -0.39 is 10.1 Å². The van der Waals surface area contributed by atoms with Crippen LogP contribution in [0.3, 0.4) is 0 Å². The molecule has 5 nitrogen and oxygen atoms in total. The fraction of sp³-hybridized carbons (Fsp3) is 0.760. The predicted octanol–water partition coefficient (Wildman–Crippen LogP) is 5.66. The van der Waals surface area contributed by atoms with Crippen LogP contribution in [0.2, 0.25) is 0 Å². The van der Waals surface area contributed by atoms with E-state index in [0.29, 0.717) is 6.61 Å². The normalized spacial score (nSPS) is 13.4. The fourth-order valence-corrected chi connectivity index (χ4v) is 4.13. The molecule has 1 atom stereocenters. The van der Waals surface area contributed by atoms with Gasteiger partial charge in [0, 0.05) is 6.61 Å². The lowest BCUT2D eigenvalue weighted by atomic mass is 10.1. The fourth-order valence-electron chi connectivity index (χ4n) is 3.66. The van der Waals surface area contributed by atoms with Crippen LogP contribution in [0.15, 0.2) is 29.2 Å². The number of hydrogen-bond acceptors (Lipinski definition) is 4. The first-order valence-corrected chi connectivity index (χ1v) is 13.6. The lowest BCUT2D eigenvalue weighted by molar-refractivity contribution is -0.910. The molecule has 31 heavy (non-hydrogen) atoms. The zero-order valence-corrected chi connectivity index (χ0v) is 21.3. The quantitative estimate of drug-likeness (QED) is 0.197. The molecule has 0 aromatic heterocycles. The van der Waals surface area contributed by atoms with Crippen LogP contribution < -0.4 is 0 Å². The zero-order chi connectivity index (χ0) is 23.6. The number of aryl methyl sites for hydroxylation is 1. The Bertz CT molecular complexity index is 646. The predicted molar refractivity (Wildman–Crippen MR) is 129 cm³/mol. The number of quaternary nitrogens is 1. The molecule has 1 N–H and O–H groups in total. The minimum absolute atomic E-state index is 0.178. The van der Waals surface area contributed by atoms with Crippen molar-refractivity contribution < 1.29 is 22.6 Å². The Hall–Kier alpha value is -0.950. The molecule has 0 amide bonds. The van der Waals surface area contributed by atoms with Gasteiger partial charge in [0.2, 0.25) is 0 Å². The molecule has 0 saturated carbocycles. The standard InChI is InChI=1S/C18H40NO.C7H8O3S/c1-4-6-8-10-12-16-19(3,17-13-14-18-20)15-11-9-7-5-2;1-6-2-4-7(5-3-6)11(8,9)10/h20H,4-18H2,1-3H3;2-5H,1H3,(H,8,9,10)/q+1;/p-1. The molecule has 0 spiro atoms. The number of benzene rings is 1. The van der Waals surface area contributed by atoms with E-state index in [-0.39, 0.29) is 4.90 Å². The molecule has 0 aliphatic rings. The Kier molecular flexibility index (Phi) is 17.0. The van der Waals surface area contributed by atoms with Crippen LogP contribution in [0.25, 0.3) is 0 Å². The Morgan fingerprint density at radius 2 is 1.19 bits per heavy atom. The molecule has 1 unspecified atom stereocenters. The van der Waals surface area contributed by atoms with Crippen molar-refractivity contribution in [2.24, 2.45) is 0 Å². The van der Waals surface area contributed by atoms with E-state index in [1.807, 2.05) is 6.92 Å². The minimum atomic E-state index is -4.27. The van der Waals surface area contributed by atoms with Gasteiger partial charge < -0.3 is 14.1 Å². The van der Waals surface area contributed by atoms with Gasteiger partial charge in [-0.2, -0.15) is 0 Å². The summed E-state index contributed by atoms with van der Waals surface area (Å²) in [5.41, 5.74) is 0.928. The zero-order valence-electron chi connectivity index (χ0n) is 20.4. The summed E-state index contributed by atoms with van der Waals surface area (Å²) in [6, 6.07) is 5.78. The highest BCUT2D eigenvalue weighted by atomic mass is 32.2.